The Hall–Kier alpha value is -2.57. The second-order valence-electron chi connectivity index (χ2n) is 6.42. The first-order valence-electron chi connectivity index (χ1n) is 8.01. The number of nitrogens with one attached hydrogen (secondary N) is 1. The molecule has 7 nitrogen and oxygen atoms in total. The van der Waals surface area contributed by atoms with Gasteiger partial charge in [0.1, 0.15) is 18.2 Å². The fourth-order valence-electron chi connectivity index (χ4n) is 1.85. The van der Waals surface area contributed by atoms with E-state index in [2.05, 4.69) is 5.32 Å². The standard InChI is InChI=1S/C18H25NO6/c1-13(20)23-11-10-15(19-17(22)25-18(2,3)4)16(21)24-12-14-8-6-5-7-9-14/h5-9,15H,10-12H2,1-4H3,(H,19,22)/t15-/m0/s1. The van der Waals surface area contributed by atoms with Crippen LogP contribution in [-0.2, 0) is 30.4 Å². The number of benzene rings is 1. The van der Waals surface area contributed by atoms with Crippen molar-refractivity contribution in [3.05, 3.63) is 35.9 Å². The molecule has 1 aromatic rings. The summed E-state index contributed by atoms with van der Waals surface area (Å²) < 4.78 is 15.2. The van der Waals surface area contributed by atoms with Crippen LogP contribution in [0.2, 0.25) is 0 Å². The highest BCUT2D eigenvalue weighted by molar-refractivity contribution is 5.81. The van der Waals surface area contributed by atoms with Gasteiger partial charge in [-0.05, 0) is 26.3 Å². The number of hydrogen-bond acceptors (Lipinski definition) is 6. The Morgan fingerprint density at radius 1 is 1.08 bits per heavy atom. The molecule has 0 aliphatic rings. The number of amides is 1. The van der Waals surface area contributed by atoms with Crippen LogP contribution in [-0.4, -0.2) is 36.3 Å². The van der Waals surface area contributed by atoms with Gasteiger partial charge in [0.15, 0.2) is 0 Å². The van der Waals surface area contributed by atoms with Gasteiger partial charge in [-0.25, -0.2) is 9.59 Å². The molecule has 0 heterocycles. The zero-order chi connectivity index (χ0) is 18.9. The molecule has 1 amide bonds. The Labute approximate surface area is 147 Å². The fourth-order valence-corrected chi connectivity index (χ4v) is 1.85. The highest BCUT2D eigenvalue weighted by atomic mass is 16.6. The topological polar surface area (TPSA) is 90.9 Å². The average Bonchev–Trinajstić information content (AvgIpc) is 2.50. The monoisotopic (exact) mass is 351 g/mol. The summed E-state index contributed by atoms with van der Waals surface area (Å²) >= 11 is 0. The molecule has 0 radical (unpaired) electrons. The van der Waals surface area contributed by atoms with Gasteiger partial charge in [0.05, 0.1) is 6.61 Å². The van der Waals surface area contributed by atoms with E-state index in [1.54, 1.807) is 20.8 Å². The molecule has 0 spiro atoms. The lowest BCUT2D eigenvalue weighted by Crippen LogP contribution is -2.44. The van der Waals surface area contributed by atoms with Crippen LogP contribution in [0.5, 0.6) is 0 Å². The number of carbonyl (C=O) groups is 3. The Kier molecular flexibility index (Phi) is 7.91. The van der Waals surface area contributed by atoms with Gasteiger partial charge in [-0.3, -0.25) is 4.79 Å². The molecular weight excluding hydrogens is 326 g/mol. The van der Waals surface area contributed by atoms with Crippen LogP contribution in [0, 0.1) is 0 Å². The van der Waals surface area contributed by atoms with Gasteiger partial charge >= 0.3 is 18.0 Å². The third-order valence-corrected chi connectivity index (χ3v) is 2.91. The van der Waals surface area contributed by atoms with Crippen LogP contribution in [0.3, 0.4) is 0 Å². The van der Waals surface area contributed by atoms with Crippen LogP contribution >= 0.6 is 0 Å². The van der Waals surface area contributed by atoms with E-state index in [-0.39, 0.29) is 19.6 Å². The average molecular weight is 351 g/mol. The largest absolute Gasteiger partial charge is 0.466 e. The summed E-state index contributed by atoms with van der Waals surface area (Å²) in [4.78, 5) is 35.0. The highest BCUT2D eigenvalue weighted by Crippen LogP contribution is 2.09. The third-order valence-electron chi connectivity index (χ3n) is 2.91. The van der Waals surface area contributed by atoms with Crippen LogP contribution in [0.4, 0.5) is 4.79 Å². The van der Waals surface area contributed by atoms with Gasteiger partial charge in [0, 0.05) is 13.3 Å². The molecule has 0 aliphatic carbocycles. The van der Waals surface area contributed by atoms with E-state index in [0.717, 1.165) is 5.56 Å². The quantitative estimate of drug-likeness (QED) is 0.600. The Balaban J connectivity index is 2.62. The first kappa shape index (κ1) is 20.5. The van der Waals surface area contributed by atoms with Gasteiger partial charge in [-0.15, -0.1) is 0 Å². The summed E-state index contributed by atoms with van der Waals surface area (Å²) in [6.07, 6.45) is -0.649. The minimum Gasteiger partial charge on any atom is -0.466 e. The van der Waals surface area contributed by atoms with E-state index >= 15 is 0 Å². The van der Waals surface area contributed by atoms with Gasteiger partial charge in [0.25, 0.3) is 0 Å². The lowest BCUT2D eigenvalue weighted by Gasteiger charge is -2.23. The lowest BCUT2D eigenvalue weighted by atomic mass is 10.2. The van der Waals surface area contributed by atoms with E-state index < -0.39 is 29.7 Å². The summed E-state index contributed by atoms with van der Waals surface area (Å²) in [5.74, 6) is -1.09. The zero-order valence-electron chi connectivity index (χ0n) is 15.0. The van der Waals surface area contributed by atoms with Crippen molar-refractivity contribution >= 4 is 18.0 Å². The van der Waals surface area contributed by atoms with Gasteiger partial charge in [-0.2, -0.15) is 0 Å². The number of esters is 2. The maximum absolute atomic E-state index is 12.3. The maximum atomic E-state index is 12.3. The first-order chi connectivity index (χ1) is 11.7. The molecule has 1 N–H and O–H groups in total. The molecule has 25 heavy (non-hydrogen) atoms. The van der Waals surface area contributed by atoms with Gasteiger partial charge < -0.3 is 19.5 Å². The van der Waals surface area contributed by atoms with Crippen molar-refractivity contribution in [2.24, 2.45) is 0 Å². The Morgan fingerprint density at radius 2 is 1.72 bits per heavy atom. The molecule has 7 heteroatoms. The molecule has 0 fully saturated rings. The van der Waals surface area contributed by atoms with Crippen LogP contribution in [0.15, 0.2) is 30.3 Å². The van der Waals surface area contributed by atoms with Gasteiger partial charge in [-0.1, -0.05) is 30.3 Å². The maximum Gasteiger partial charge on any atom is 0.408 e. The van der Waals surface area contributed by atoms with Crippen molar-refractivity contribution < 1.29 is 28.6 Å². The number of ether oxygens (including phenoxy) is 3. The minimum absolute atomic E-state index is 0.0176. The van der Waals surface area contributed by atoms with Crippen LogP contribution in [0.25, 0.3) is 0 Å². The lowest BCUT2D eigenvalue weighted by molar-refractivity contribution is -0.149. The van der Waals surface area contributed by atoms with Crippen LogP contribution in [0.1, 0.15) is 39.7 Å². The Morgan fingerprint density at radius 3 is 2.28 bits per heavy atom. The molecule has 1 rings (SSSR count). The van der Waals surface area contributed by atoms with E-state index in [1.165, 1.54) is 6.92 Å². The van der Waals surface area contributed by atoms with Crippen molar-refractivity contribution in [3.63, 3.8) is 0 Å². The third kappa shape index (κ3) is 9.34. The first-order valence-corrected chi connectivity index (χ1v) is 8.01. The minimum atomic E-state index is -0.974. The molecule has 1 atom stereocenters. The normalized spacial score (nSPS) is 12.0. The smallest absolute Gasteiger partial charge is 0.408 e. The molecular formula is C18H25NO6. The number of alkyl carbamates (subject to hydrolysis) is 1. The Bertz CT molecular complexity index is 579. The van der Waals surface area contributed by atoms with Crippen molar-refractivity contribution in [1.29, 1.82) is 0 Å². The summed E-state index contributed by atoms with van der Waals surface area (Å²) in [6.45, 7) is 6.48. The predicted octanol–water partition coefficient (Wildman–Crippen LogP) is 2.58. The van der Waals surface area contributed by atoms with E-state index in [4.69, 9.17) is 14.2 Å². The second kappa shape index (κ2) is 9.66. The number of carbonyl (C=O) groups excluding carboxylic acids is 3. The summed E-state index contributed by atoms with van der Waals surface area (Å²) in [5.41, 5.74) is 0.130. The highest BCUT2D eigenvalue weighted by Gasteiger charge is 2.25. The van der Waals surface area contributed by atoms with Crippen molar-refractivity contribution in [1.82, 2.24) is 5.32 Å². The number of rotatable bonds is 7. The molecule has 0 unspecified atom stereocenters. The SMILES string of the molecule is CC(=O)OCC[C@H](NC(=O)OC(C)(C)C)C(=O)OCc1ccccc1. The predicted molar refractivity (Wildman–Crippen MR) is 90.6 cm³/mol. The second-order valence-corrected chi connectivity index (χ2v) is 6.42. The van der Waals surface area contributed by atoms with E-state index in [1.807, 2.05) is 30.3 Å². The molecule has 1 aromatic carbocycles. The molecule has 0 aliphatic heterocycles. The van der Waals surface area contributed by atoms with Crippen molar-refractivity contribution in [2.45, 2.75) is 52.4 Å². The summed E-state index contributed by atoms with van der Waals surface area (Å²) in [5, 5.41) is 2.46. The van der Waals surface area contributed by atoms with E-state index in [9.17, 15) is 14.4 Å². The van der Waals surface area contributed by atoms with Gasteiger partial charge in [0.2, 0.25) is 0 Å². The summed E-state index contributed by atoms with van der Waals surface area (Å²) in [7, 11) is 0. The molecule has 138 valence electrons. The van der Waals surface area contributed by atoms with Crippen molar-refractivity contribution in [2.75, 3.05) is 6.61 Å². The summed E-state index contributed by atoms with van der Waals surface area (Å²) in [6, 6.07) is 8.20. The molecule has 0 aromatic heterocycles. The van der Waals surface area contributed by atoms with Crippen molar-refractivity contribution in [3.8, 4) is 0 Å². The molecule has 0 saturated heterocycles. The van der Waals surface area contributed by atoms with E-state index in [0.29, 0.717) is 0 Å². The number of hydrogen-bond donors (Lipinski definition) is 1. The molecule has 0 saturated carbocycles. The fraction of sp³-hybridized carbons (Fsp3) is 0.500. The molecule has 0 bridgehead atoms. The zero-order valence-corrected chi connectivity index (χ0v) is 15.0. The van der Waals surface area contributed by atoms with Crippen LogP contribution < -0.4 is 5.32 Å².